The van der Waals surface area contributed by atoms with Gasteiger partial charge < -0.3 is 89.9 Å². The first kappa shape index (κ1) is 58.8. The molecule has 0 aromatic rings. The summed E-state index contributed by atoms with van der Waals surface area (Å²) in [5.74, 6) is -0.326. The van der Waals surface area contributed by atoms with Gasteiger partial charge in [-0.1, -0.05) is 100 Å². The predicted molar refractivity (Wildman–Crippen MR) is 245 cm³/mol. The summed E-state index contributed by atoms with van der Waals surface area (Å²) in [5.41, 5.74) is 0. The summed E-state index contributed by atoms with van der Waals surface area (Å²) in [6.07, 6.45) is 5.60. The molecule has 3 saturated heterocycles. The molecule has 0 bridgehead atoms. The molecular weight excluding hydrogens is 879 g/mol. The van der Waals surface area contributed by atoms with E-state index in [1.807, 2.05) is 6.08 Å². The van der Waals surface area contributed by atoms with Gasteiger partial charge in [-0.3, -0.25) is 4.79 Å². The molecule has 0 saturated carbocycles. The fourth-order valence-corrected chi connectivity index (χ4v) is 7.76. The van der Waals surface area contributed by atoms with Gasteiger partial charge in [-0.15, -0.1) is 0 Å². The molecule has 0 spiro atoms. The highest BCUT2D eigenvalue weighted by molar-refractivity contribution is 5.76. The number of hydrogen-bond donors (Lipinski definition) is 12. The molecule has 3 heterocycles. The van der Waals surface area contributed by atoms with Crippen LogP contribution in [0.15, 0.2) is 60.8 Å². The molecule has 1 amide bonds. The minimum atomic E-state index is -1.98. The Kier molecular flexibility index (Phi) is 29.1. The molecule has 3 fully saturated rings. The van der Waals surface area contributed by atoms with Gasteiger partial charge in [0.05, 0.1) is 38.6 Å². The number of allylic oxidation sites excluding steroid dienone is 9. The molecule has 3 rings (SSSR count). The van der Waals surface area contributed by atoms with Crippen LogP contribution in [0.25, 0.3) is 0 Å². The second kappa shape index (κ2) is 33.1. The van der Waals surface area contributed by atoms with Gasteiger partial charge in [0.2, 0.25) is 5.91 Å². The number of aliphatic hydroxyl groups is 11. The van der Waals surface area contributed by atoms with Crippen LogP contribution in [0.2, 0.25) is 0 Å². The Morgan fingerprint density at radius 3 is 1.60 bits per heavy atom. The van der Waals surface area contributed by atoms with Gasteiger partial charge in [0.25, 0.3) is 0 Å². The molecular formula is C48H81NO18. The number of hydrogen-bond acceptors (Lipinski definition) is 18. The minimum absolute atomic E-state index is 0.187. The number of nitrogens with one attached hydrogen (secondary N) is 1. The van der Waals surface area contributed by atoms with Crippen molar-refractivity contribution in [3.8, 4) is 0 Å². The molecule has 3 aliphatic heterocycles. The third kappa shape index (κ3) is 19.7. The lowest BCUT2D eigenvalue weighted by molar-refractivity contribution is -0.379. The molecule has 67 heavy (non-hydrogen) atoms. The number of ether oxygens (including phenoxy) is 6. The number of unbranched alkanes of at least 4 members (excludes halogenated alkanes) is 7. The Hall–Kier alpha value is -2.51. The average Bonchev–Trinajstić information content (AvgIpc) is 3.32. The molecule has 17 atom stereocenters. The summed E-state index contributed by atoms with van der Waals surface area (Å²) in [5, 5.41) is 119. The van der Waals surface area contributed by atoms with E-state index in [0.717, 1.165) is 77.0 Å². The molecule has 19 nitrogen and oxygen atoms in total. The van der Waals surface area contributed by atoms with Crippen LogP contribution in [0.4, 0.5) is 0 Å². The van der Waals surface area contributed by atoms with E-state index in [1.54, 1.807) is 6.08 Å². The third-order valence-corrected chi connectivity index (χ3v) is 11.8. The van der Waals surface area contributed by atoms with Gasteiger partial charge in [0.15, 0.2) is 18.9 Å². The zero-order valence-corrected chi connectivity index (χ0v) is 39.1. The van der Waals surface area contributed by atoms with E-state index in [2.05, 4.69) is 67.8 Å². The van der Waals surface area contributed by atoms with Crippen molar-refractivity contribution in [1.82, 2.24) is 5.32 Å². The van der Waals surface area contributed by atoms with Crippen molar-refractivity contribution in [2.45, 2.75) is 208 Å². The predicted octanol–water partition coefficient (Wildman–Crippen LogP) is 0.579. The molecule has 12 N–H and O–H groups in total. The lowest BCUT2D eigenvalue weighted by Crippen LogP contribution is -2.66. The van der Waals surface area contributed by atoms with Crippen LogP contribution in [0.3, 0.4) is 0 Å². The molecule has 3 aliphatic rings. The van der Waals surface area contributed by atoms with Crippen LogP contribution >= 0.6 is 0 Å². The number of amides is 1. The molecule has 17 unspecified atom stereocenters. The highest BCUT2D eigenvalue weighted by Crippen LogP contribution is 2.33. The van der Waals surface area contributed by atoms with Gasteiger partial charge >= 0.3 is 0 Å². The van der Waals surface area contributed by atoms with Crippen LogP contribution in [-0.2, 0) is 33.2 Å². The van der Waals surface area contributed by atoms with Gasteiger partial charge in [-0.2, -0.15) is 0 Å². The maximum Gasteiger partial charge on any atom is 0.220 e. The first-order valence-electron chi connectivity index (χ1n) is 24.0. The van der Waals surface area contributed by atoms with Crippen LogP contribution in [0, 0.1) is 0 Å². The lowest BCUT2D eigenvalue weighted by atomic mass is 9.96. The summed E-state index contributed by atoms with van der Waals surface area (Å²) in [6.45, 7) is 1.43. The fraction of sp³-hybridized carbons (Fsp3) is 0.771. The van der Waals surface area contributed by atoms with Crippen LogP contribution < -0.4 is 5.32 Å². The van der Waals surface area contributed by atoms with Crippen molar-refractivity contribution in [3.05, 3.63) is 60.8 Å². The second-order valence-electron chi connectivity index (χ2n) is 17.2. The molecule has 0 radical (unpaired) electrons. The minimum Gasteiger partial charge on any atom is -0.394 e. The van der Waals surface area contributed by atoms with Crippen LogP contribution in [0.1, 0.15) is 104 Å². The normalized spacial score (nSPS) is 34.0. The zero-order valence-electron chi connectivity index (χ0n) is 39.1. The molecule has 0 aliphatic carbocycles. The van der Waals surface area contributed by atoms with E-state index in [4.69, 9.17) is 28.4 Å². The van der Waals surface area contributed by atoms with Gasteiger partial charge in [-0.25, -0.2) is 0 Å². The van der Waals surface area contributed by atoms with E-state index in [1.165, 1.54) is 0 Å². The number of carbonyl (C=O) groups excluding carboxylic acids is 1. The largest absolute Gasteiger partial charge is 0.394 e. The van der Waals surface area contributed by atoms with Gasteiger partial charge in [0, 0.05) is 6.42 Å². The monoisotopic (exact) mass is 960 g/mol. The summed E-state index contributed by atoms with van der Waals surface area (Å²) < 4.78 is 33.9. The SMILES string of the molecule is CC/C=C\C/C=C\C/C=C\C/C=C\CCCCC(=O)NC(COC1OC(CO)C(OC2OC(CO)C(OC3OC(CO)C(O)C(O)C3O)C(O)C2O)C(O)C1O)C(O)/C=C/CCCCCCC. The third-order valence-electron chi connectivity index (χ3n) is 11.8. The first-order valence-corrected chi connectivity index (χ1v) is 24.0. The van der Waals surface area contributed by atoms with Crippen molar-refractivity contribution in [3.63, 3.8) is 0 Å². The van der Waals surface area contributed by atoms with Gasteiger partial charge in [-0.05, 0) is 57.8 Å². The highest BCUT2D eigenvalue weighted by atomic mass is 16.8. The maximum atomic E-state index is 13.1. The Bertz CT molecular complexity index is 1480. The van der Waals surface area contributed by atoms with E-state index in [-0.39, 0.29) is 18.9 Å². The lowest BCUT2D eigenvalue weighted by Gasteiger charge is -2.48. The van der Waals surface area contributed by atoms with E-state index >= 15 is 0 Å². The Labute approximate surface area is 395 Å². The van der Waals surface area contributed by atoms with Crippen molar-refractivity contribution in [1.29, 1.82) is 0 Å². The molecule has 0 aromatic heterocycles. The standard InChI is InChI=1S/C48H81NO18/c1-3-5-7-9-11-12-13-14-15-16-17-18-20-22-24-26-36(54)49-31(32(53)25-23-21-19-10-8-6-4-2)30-62-46-42(60)39(57)44(34(28-51)64-46)67-48-43(61)40(58)45(35(29-52)65-48)66-47-41(59)38(56)37(55)33(27-50)63-47/h5,7,11-12,14-15,17-18,23,25,31-35,37-48,50-53,55-61H,3-4,6,8-10,13,16,19-22,24,26-30H2,1-2H3,(H,49,54)/b7-5-,12-11-,15-14-,18-17-,25-23+. The van der Waals surface area contributed by atoms with E-state index in [9.17, 15) is 61.0 Å². The summed E-state index contributed by atoms with van der Waals surface area (Å²) in [4.78, 5) is 13.1. The fourth-order valence-electron chi connectivity index (χ4n) is 7.76. The molecule has 19 heteroatoms. The van der Waals surface area contributed by atoms with Crippen molar-refractivity contribution in [2.75, 3.05) is 26.4 Å². The Morgan fingerprint density at radius 1 is 0.552 bits per heavy atom. The number of carbonyl (C=O) groups is 1. The quantitative estimate of drug-likeness (QED) is 0.0334. The molecule has 386 valence electrons. The Balaban J connectivity index is 1.57. The number of aliphatic hydroxyl groups excluding tert-OH is 11. The number of rotatable bonds is 31. The second-order valence-corrected chi connectivity index (χ2v) is 17.2. The van der Waals surface area contributed by atoms with Crippen molar-refractivity contribution >= 4 is 5.91 Å². The highest BCUT2D eigenvalue weighted by Gasteiger charge is 2.53. The Morgan fingerprint density at radius 2 is 1.03 bits per heavy atom. The first-order chi connectivity index (χ1) is 32.3. The van der Waals surface area contributed by atoms with Crippen molar-refractivity contribution < 1.29 is 89.4 Å². The molecule has 0 aromatic carbocycles. The topological polar surface area (TPSA) is 307 Å². The summed E-state index contributed by atoms with van der Waals surface area (Å²) >= 11 is 0. The summed E-state index contributed by atoms with van der Waals surface area (Å²) in [6, 6.07) is -0.992. The van der Waals surface area contributed by atoms with Crippen LogP contribution in [0.5, 0.6) is 0 Å². The van der Waals surface area contributed by atoms with Gasteiger partial charge in [0.1, 0.15) is 73.2 Å². The van der Waals surface area contributed by atoms with Crippen molar-refractivity contribution in [2.24, 2.45) is 0 Å². The van der Waals surface area contributed by atoms with E-state index in [0.29, 0.717) is 6.42 Å². The maximum absolute atomic E-state index is 13.1. The zero-order chi connectivity index (χ0) is 49.1. The summed E-state index contributed by atoms with van der Waals surface area (Å²) in [7, 11) is 0. The average molecular weight is 960 g/mol. The van der Waals surface area contributed by atoms with Crippen LogP contribution in [-0.4, -0.2) is 193 Å². The van der Waals surface area contributed by atoms with E-state index < -0.39 is 124 Å². The smallest absolute Gasteiger partial charge is 0.220 e.